The van der Waals surface area contributed by atoms with Gasteiger partial charge in [0.15, 0.2) is 0 Å². The Morgan fingerprint density at radius 2 is 2.05 bits per heavy atom. The summed E-state index contributed by atoms with van der Waals surface area (Å²) in [5.74, 6) is -0.763. The molecule has 0 saturated heterocycles. The van der Waals surface area contributed by atoms with Gasteiger partial charge in [0.05, 0.1) is 10.7 Å². The molecule has 5 heteroatoms. The Morgan fingerprint density at radius 1 is 1.25 bits per heavy atom. The third-order valence-corrected chi connectivity index (χ3v) is 2.88. The van der Waals surface area contributed by atoms with Crippen LogP contribution in [0.3, 0.4) is 0 Å². The van der Waals surface area contributed by atoms with E-state index in [0.29, 0.717) is 16.4 Å². The molecule has 0 aliphatic heterocycles. The summed E-state index contributed by atoms with van der Waals surface area (Å²) >= 11 is 5.80. The summed E-state index contributed by atoms with van der Waals surface area (Å²) in [6.07, 6.45) is 2.94. The fourth-order valence-corrected chi connectivity index (χ4v) is 1.71. The van der Waals surface area contributed by atoms with Crippen molar-refractivity contribution in [2.45, 2.75) is 0 Å². The van der Waals surface area contributed by atoms with E-state index in [1.165, 1.54) is 24.3 Å². The Labute approximate surface area is 120 Å². The molecule has 20 heavy (non-hydrogen) atoms. The van der Waals surface area contributed by atoms with E-state index in [2.05, 4.69) is 5.32 Å². The molecule has 0 aromatic heterocycles. The van der Waals surface area contributed by atoms with E-state index < -0.39 is 5.82 Å². The molecule has 2 rings (SSSR count). The first-order chi connectivity index (χ1) is 9.54. The molecule has 3 N–H and O–H groups in total. The summed E-state index contributed by atoms with van der Waals surface area (Å²) in [5, 5.41) is 3.02. The highest BCUT2D eigenvalue weighted by Gasteiger charge is 2.00. The van der Waals surface area contributed by atoms with Gasteiger partial charge in [-0.1, -0.05) is 23.7 Å². The van der Waals surface area contributed by atoms with Crippen LogP contribution in [0.25, 0.3) is 6.08 Å². The molecular weight excluding hydrogens is 279 g/mol. The monoisotopic (exact) mass is 290 g/mol. The molecule has 0 atom stereocenters. The Balaban J connectivity index is 2.03. The third-order valence-electron chi connectivity index (χ3n) is 2.54. The maximum absolute atomic E-state index is 13.0. The molecule has 1 amide bonds. The molecule has 0 radical (unpaired) electrons. The van der Waals surface area contributed by atoms with E-state index >= 15 is 0 Å². The number of carbonyl (C=O) groups excluding carboxylic acids is 1. The first-order valence-corrected chi connectivity index (χ1v) is 6.22. The fraction of sp³-hybridized carbons (Fsp3) is 0. The number of halogens is 2. The van der Waals surface area contributed by atoms with Gasteiger partial charge in [0.25, 0.3) is 0 Å². The van der Waals surface area contributed by atoms with Crippen LogP contribution in [0.4, 0.5) is 15.8 Å². The minimum atomic E-state index is -0.405. The summed E-state index contributed by atoms with van der Waals surface area (Å²) in [6, 6.07) is 10.7. The van der Waals surface area contributed by atoms with Gasteiger partial charge in [-0.3, -0.25) is 4.79 Å². The Kier molecular flexibility index (Phi) is 4.38. The third kappa shape index (κ3) is 3.83. The maximum Gasteiger partial charge on any atom is 0.248 e. The molecule has 0 spiro atoms. The number of rotatable bonds is 3. The van der Waals surface area contributed by atoms with Crippen LogP contribution in [0, 0.1) is 5.82 Å². The van der Waals surface area contributed by atoms with Gasteiger partial charge in [0.2, 0.25) is 5.91 Å². The Bertz CT molecular complexity index is 671. The number of carbonyl (C=O) groups is 1. The van der Waals surface area contributed by atoms with Crippen molar-refractivity contribution in [3.63, 3.8) is 0 Å². The normalized spacial score (nSPS) is 10.7. The van der Waals surface area contributed by atoms with Gasteiger partial charge < -0.3 is 11.1 Å². The van der Waals surface area contributed by atoms with E-state index in [0.717, 1.165) is 5.56 Å². The van der Waals surface area contributed by atoms with E-state index in [1.54, 1.807) is 30.3 Å². The number of nitrogen functional groups attached to an aromatic ring is 1. The van der Waals surface area contributed by atoms with Gasteiger partial charge in [-0.2, -0.15) is 0 Å². The van der Waals surface area contributed by atoms with Crippen molar-refractivity contribution < 1.29 is 9.18 Å². The van der Waals surface area contributed by atoms with Crippen LogP contribution in [0.2, 0.25) is 5.02 Å². The van der Waals surface area contributed by atoms with Crippen molar-refractivity contribution >= 4 is 35.0 Å². The number of benzene rings is 2. The molecular formula is C15H12ClFN2O. The summed E-state index contributed by atoms with van der Waals surface area (Å²) in [5.41, 5.74) is 7.25. The molecule has 0 aliphatic carbocycles. The van der Waals surface area contributed by atoms with E-state index in [9.17, 15) is 9.18 Å². The predicted molar refractivity (Wildman–Crippen MR) is 79.9 cm³/mol. The zero-order valence-electron chi connectivity index (χ0n) is 10.4. The van der Waals surface area contributed by atoms with E-state index in [-0.39, 0.29) is 5.91 Å². The number of nitrogens with one attached hydrogen (secondary N) is 1. The molecule has 0 fully saturated rings. The zero-order chi connectivity index (χ0) is 14.5. The highest BCUT2D eigenvalue weighted by atomic mass is 35.5. The lowest BCUT2D eigenvalue weighted by Gasteiger charge is -2.02. The molecule has 0 aliphatic rings. The lowest BCUT2D eigenvalue weighted by molar-refractivity contribution is -0.111. The van der Waals surface area contributed by atoms with Crippen LogP contribution in [0.5, 0.6) is 0 Å². The highest BCUT2D eigenvalue weighted by molar-refractivity contribution is 6.33. The molecule has 3 nitrogen and oxygen atoms in total. The second kappa shape index (κ2) is 6.21. The Hall–Kier alpha value is -2.33. The van der Waals surface area contributed by atoms with Crippen molar-refractivity contribution in [2.75, 3.05) is 11.1 Å². The van der Waals surface area contributed by atoms with Crippen molar-refractivity contribution in [3.8, 4) is 0 Å². The second-order valence-electron chi connectivity index (χ2n) is 4.11. The fourth-order valence-electron chi connectivity index (χ4n) is 1.59. The first kappa shape index (κ1) is 14.1. The highest BCUT2D eigenvalue weighted by Crippen LogP contribution is 2.20. The Morgan fingerprint density at radius 3 is 2.75 bits per heavy atom. The second-order valence-corrected chi connectivity index (χ2v) is 4.52. The van der Waals surface area contributed by atoms with Crippen LogP contribution < -0.4 is 11.1 Å². The minimum absolute atomic E-state index is 0.357. The largest absolute Gasteiger partial charge is 0.398 e. The van der Waals surface area contributed by atoms with Crippen molar-refractivity contribution in [2.24, 2.45) is 0 Å². The van der Waals surface area contributed by atoms with Crippen LogP contribution in [-0.2, 0) is 4.79 Å². The maximum atomic E-state index is 13.0. The number of hydrogen-bond donors (Lipinski definition) is 2. The van der Waals surface area contributed by atoms with Gasteiger partial charge >= 0.3 is 0 Å². The van der Waals surface area contributed by atoms with Crippen LogP contribution in [0.1, 0.15) is 5.56 Å². The summed E-state index contributed by atoms with van der Waals surface area (Å²) < 4.78 is 13.0. The number of hydrogen-bond acceptors (Lipinski definition) is 2. The van der Waals surface area contributed by atoms with Gasteiger partial charge in [0.1, 0.15) is 5.82 Å². The topological polar surface area (TPSA) is 55.1 Å². The van der Waals surface area contributed by atoms with Gasteiger partial charge in [-0.25, -0.2) is 4.39 Å². The quantitative estimate of drug-likeness (QED) is 0.669. The van der Waals surface area contributed by atoms with E-state index in [4.69, 9.17) is 17.3 Å². The zero-order valence-corrected chi connectivity index (χ0v) is 11.2. The lowest BCUT2D eigenvalue weighted by atomic mass is 10.2. The van der Waals surface area contributed by atoms with Crippen LogP contribution in [-0.4, -0.2) is 5.91 Å². The predicted octanol–water partition coefficient (Wildman–Crippen LogP) is 3.71. The van der Waals surface area contributed by atoms with Gasteiger partial charge in [-0.15, -0.1) is 0 Å². The minimum Gasteiger partial charge on any atom is -0.398 e. The molecule has 0 saturated carbocycles. The van der Waals surface area contributed by atoms with Crippen LogP contribution >= 0.6 is 11.6 Å². The van der Waals surface area contributed by atoms with Crippen molar-refractivity contribution in [3.05, 3.63) is 64.9 Å². The molecule has 0 bridgehead atoms. The average molecular weight is 291 g/mol. The van der Waals surface area contributed by atoms with Gasteiger partial charge in [-0.05, 0) is 42.0 Å². The lowest BCUT2D eigenvalue weighted by Crippen LogP contribution is -2.07. The number of anilines is 2. The standard InChI is InChI=1S/C15H12ClFN2O/c16-13-6-4-10(8-14(13)18)5-7-15(20)19-12-3-1-2-11(17)9-12/h1-9H,18H2,(H,19,20)/b7-5+. The summed E-state index contributed by atoms with van der Waals surface area (Å²) in [7, 11) is 0. The molecule has 102 valence electrons. The molecule has 2 aromatic rings. The summed E-state index contributed by atoms with van der Waals surface area (Å²) in [4.78, 5) is 11.7. The molecule has 2 aromatic carbocycles. The van der Waals surface area contributed by atoms with Crippen LogP contribution in [0.15, 0.2) is 48.5 Å². The first-order valence-electron chi connectivity index (χ1n) is 5.84. The smallest absolute Gasteiger partial charge is 0.248 e. The van der Waals surface area contributed by atoms with Crippen molar-refractivity contribution in [1.82, 2.24) is 0 Å². The van der Waals surface area contributed by atoms with Gasteiger partial charge in [0, 0.05) is 11.8 Å². The average Bonchev–Trinajstić information content (AvgIpc) is 2.40. The molecule has 0 heterocycles. The number of nitrogens with two attached hydrogens (primary N) is 1. The SMILES string of the molecule is Nc1cc(/C=C/C(=O)Nc2cccc(F)c2)ccc1Cl. The number of amides is 1. The summed E-state index contributed by atoms with van der Waals surface area (Å²) in [6.45, 7) is 0. The molecule has 0 unspecified atom stereocenters. The van der Waals surface area contributed by atoms with E-state index in [1.807, 2.05) is 0 Å². The van der Waals surface area contributed by atoms with Crippen molar-refractivity contribution in [1.29, 1.82) is 0 Å².